The minimum Gasteiger partial charge on any atom is -0.508 e. The van der Waals surface area contributed by atoms with Crippen LogP contribution in [0, 0.1) is 0 Å². The number of nitrogens with one attached hydrogen (secondary N) is 1. The zero-order chi connectivity index (χ0) is 19.5. The number of para-hydroxylation sites is 1. The first-order valence-corrected chi connectivity index (χ1v) is 9.66. The van der Waals surface area contributed by atoms with Crippen LogP contribution >= 0.6 is 0 Å². The normalized spacial score (nSPS) is 11.2. The number of phenols is 1. The van der Waals surface area contributed by atoms with Gasteiger partial charge in [0.1, 0.15) is 17.1 Å². The molecule has 0 saturated carbocycles. The summed E-state index contributed by atoms with van der Waals surface area (Å²) in [4.78, 5) is 13.1. The third-order valence-electron chi connectivity index (χ3n) is 5.05. The van der Waals surface area contributed by atoms with Crippen LogP contribution in [0.5, 0.6) is 5.75 Å². The topological polar surface area (TPSA) is 62.5 Å². The standard InChI is InChI=1S/C24H23NO3/c1-2-3-10-22-23(20-9-4-5-11-21(20)28-22)24(27)25-15-17-8-6-7-16-14-18(26)12-13-19(16)17/h4-9,11-14,26H,2-3,10,15H2,1H3,(H,25,27). The molecule has 0 unspecified atom stereocenters. The molecule has 0 radical (unpaired) electrons. The second kappa shape index (κ2) is 7.77. The molecule has 0 aliphatic carbocycles. The molecule has 4 aromatic rings. The molecule has 0 fully saturated rings. The molecule has 4 rings (SSSR count). The van der Waals surface area contributed by atoms with E-state index in [2.05, 4.69) is 12.2 Å². The number of hydrogen-bond acceptors (Lipinski definition) is 3. The van der Waals surface area contributed by atoms with Crippen molar-refractivity contribution >= 4 is 27.6 Å². The second-order valence-corrected chi connectivity index (χ2v) is 7.01. The van der Waals surface area contributed by atoms with Gasteiger partial charge in [-0.05, 0) is 41.0 Å². The molecular weight excluding hydrogens is 350 g/mol. The highest BCUT2D eigenvalue weighted by atomic mass is 16.3. The minimum absolute atomic E-state index is 0.119. The van der Waals surface area contributed by atoms with Crippen molar-refractivity contribution in [1.82, 2.24) is 5.32 Å². The lowest BCUT2D eigenvalue weighted by molar-refractivity contribution is 0.0950. The fraction of sp³-hybridized carbons (Fsp3) is 0.208. The second-order valence-electron chi connectivity index (χ2n) is 7.01. The molecule has 0 spiro atoms. The fourth-order valence-electron chi connectivity index (χ4n) is 3.61. The molecule has 1 aromatic heterocycles. The number of aromatic hydroxyl groups is 1. The van der Waals surface area contributed by atoms with Crippen molar-refractivity contribution in [2.75, 3.05) is 0 Å². The van der Waals surface area contributed by atoms with Gasteiger partial charge in [0.25, 0.3) is 5.91 Å². The Morgan fingerprint density at radius 1 is 1.04 bits per heavy atom. The summed E-state index contributed by atoms with van der Waals surface area (Å²) in [6, 6.07) is 18.8. The van der Waals surface area contributed by atoms with Crippen LogP contribution in [-0.2, 0) is 13.0 Å². The summed E-state index contributed by atoms with van der Waals surface area (Å²) in [6.45, 7) is 2.54. The number of amides is 1. The van der Waals surface area contributed by atoms with Crippen molar-refractivity contribution in [3.05, 3.63) is 77.6 Å². The summed E-state index contributed by atoms with van der Waals surface area (Å²) in [5.74, 6) is 0.870. The number of rotatable bonds is 6. The van der Waals surface area contributed by atoms with Gasteiger partial charge in [-0.2, -0.15) is 0 Å². The summed E-state index contributed by atoms with van der Waals surface area (Å²) in [5.41, 5.74) is 2.40. The molecule has 4 heteroatoms. The molecule has 142 valence electrons. The Bertz CT molecular complexity index is 1140. The molecule has 4 nitrogen and oxygen atoms in total. The van der Waals surface area contributed by atoms with Crippen molar-refractivity contribution in [3.8, 4) is 5.75 Å². The lowest BCUT2D eigenvalue weighted by Gasteiger charge is -2.09. The summed E-state index contributed by atoms with van der Waals surface area (Å²) >= 11 is 0. The van der Waals surface area contributed by atoms with Crippen molar-refractivity contribution in [1.29, 1.82) is 0 Å². The highest BCUT2D eigenvalue weighted by Crippen LogP contribution is 2.28. The first kappa shape index (κ1) is 18.1. The van der Waals surface area contributed by atoms with Crippen molar-refractivity contribution in [3.63, 3.8) is 0 Å². The predicted octanol–water partition coefficient (Wildman–Crippen LogP) is 5.56. The average Bonchev–Trinajstić information content (AvgIpc) is 3.08. The van der Waals surface area contributed by atoms with Gasteiger partial charge in [-0.3, -0.25) is 4.79 Å². The van der Waals surface area contributed by atoms with E-state index in [1.165, 1.54) is 0 Å². The smallest absolute Gasteiger partial charge is 0.255 e. The molecule has 0 bridgehead atoms. The van der Waals surface area contributed by atoms with Crippen LogP contribution in [0.4, 0.5) is 0 Å². The van der Waals surface area contributed by atoms with Crippen LogP contribution in [0.15, 0.2) is 65.1 Å². The summed E-state index contributed by atoms with van der Waals surface area (Å²) < 4.78 is 5.97. The molecule has 2 N–H and O–H groups in total. The molecule has 0 aliphatic rings. The summed E-state index contributed by atoms with van der Waals surface area (Å²) in [6.07, 6.45) is 2.77. The van der Waals surface area contributed by atoms with Gasteiger partial charge < -0.3 is 14.8 Å². The highest BCUT2D eigenvalue weighted by Gasteiger charge is 2.20. The van der Waals surface area contributed by atoms with E-state index in [1.807, 2.05) is 48.5 Å². The van der Waals surface area contributed by atoms with Crippen LogP contribution in [0.1, 0.15) is 41.4 Å². The van der Waals surface area contributed by atoms with Gasteiger partial charge in [-0.15, -0.1) is 0 Å². The lowest BCUT2D eigenvalue weighted by atomic mass is 10.0. The third kappa shape index (κ3) is 3.46. The first-order valence-electron chi connectivity index (χ1n) is 9.66. The monoisotopic (exact) mass is 373 g/mol. The number of unbranched alkanes of at least 4 members (excludes halogenated alkanes) is 1. The van der Waals surface area contributed by atoms with Gasteiger partial charge in [-0.25, -0.2) is 0 Å². The van der Waals surface area contributed by atoms with Crippen molar-refractivity contribution < 1.29 is 14.3 Å². The SMILES string of the molecule is CCCCc1oc2ccccc2c1C(=O)NCc1cccc2cc(O)ccc12. The van der Waals surface area contributed by atoms with E-state index in [-0.39, 0.29) is 11.7 Å². The number of carbonyl (C=O) groups excluding carboxylic acids is 1. The Balaban J connectivity index is 1.62. The summed E-state index contributed by atoms with van der Waals surface area (Å²) in [5, 5.41) is 15.6. The van der Waals surface area contributed by atoms with Crippen LogP contribution in [0.3, 0.4) is 0 Å². The average molecular weight is 373 g/mol. The number of benzene rings is 3. The van der Waals surface area contributed by atoms with Crippen LogP contribution in [0.25, 0.3) is 21.7 Å². The van der Waals surface area contributed by atoms with E-state index in [1.54, 1.807) is 12.1 Å². The molecule has 28 heavy (non-hydrogen) atoms. The van der Waals surface area contributed by atoms with E-state index >= 15 is 0 Å². The van der Waals surface area contributed by atoms with Crippen LogP contribution < -0.4 is 5.32 Å². The predicted molar refractivity (Wildman–Crippen MR) is 112 cm³/mol. The number of fused-ring (bicyclic) bond motifs is 2. The van der Waals surface area contributed by atoms with E-state index in [9.17, 15) is 9.90 Å². The maximum atomic E-state index is 13.1. The van der Waals surface area contributed by atoms with Crippen molar-refractivity contribution in [2.45, 2.75) is 32.7 Å². The zero-order valence-corrected chi connectivity index (χ0v) is 15.9. The van der Waals surface area contributed by atoms with E-state index in [4.69, 9.17) is 4.42 Å². The van der Waals surface area contributed by atoms with E-state index in [0.717, 1.165) is 52.3 Å². The number of carbonyl (C=O) groups is 1. The van der Waals surface area contributed by atoms with Gasteiger partial charge in [0.2, 0.25) is 0 Å². The summed E-state index contributed by atoms with van der Waals surface area (Å²) in [7, 11) is 0. The third-order valence-corrected chi connectivity index (χ3v) is 5.05. The Hall–Kier alpha value is -3.27. The Morgan fingerprint density at radius 2 is 1.89 bits per heavy atom. The minimum atomic E-state index is -0.119. The molecule has 1 amide bonds. The molecular formula is C24H23NO3. The fourth-order valence-corrected chi connectivity index (χ4v) is 3.61. The molecule has 3 aromatic carbocycles. The van der Waals surface area contributed by atoms with Crippen LogP contribution in [0.2, 0.25) is 0 Å². The lowest BCUT2D eigenvalue weighted by Crippen LogP contribution is -2.23. The first-order chi connectivity index (χ1) is 13.7. The van der Waals surface area contributed by atoms with Gasteiger partial charge in [0, 0.05) is 18.4 Å². The van der Waals surface area contributed by atoms with Crippen LogP contribution in [-0.4, -0.2) is 11.0 Å². The maximum absolute atomic E-state index is 13.1. The molecule has 0 aliphatic heterocycles. The maximum Gasteiger partial charge on any atom is 0.255 e. The number of hydrogen-bond donors (Lipinski definition) is 2. The van der Waals surface area contributed by atoms with Gasteiger partial charge in [0.05, 0.1) is 5.56 Å². The Kier molecular flexibility index (Phi) is 5.02. The molecule has 0 saturated heterocycles. The Labute approximate surface area is 163 Å². The van der Waals surface area contributed by atoms with E-state index in [0.29, 0.717) is 12.1 Å². The number of phenolic OH excluding ortho intramolecular Hbond substituents is 1. The van der Waals surface area contributed by atoms with Gasteiger partial charge in [0.15, 0.2) is 0 Å². The highest BCUT2D eigenvalue weighted by molar-refractivity contribution is 6.07. The van der Waals surface area contributed by atoms with Crippen molar-refractivity contribution in [2.24, 2.45) is 0 Å². The largest absolute Gasteiger partial charge is 0.508 e. The molecule has 0 atom stereocenters. The Morgan fingerprint density at radius 3 is 2.75 bits per heavy atom. The number of aryl methyl sites for hydroxylation is 1. The van der Waals surface area contributed by atoms with Gasteiger partial charge >= 0.3 is 0 Å². The van der Waals surface area contributed by atoms with E-state index < -0.39 is 0 Å². The zero-order valence-electron chi connectivity index (χ0n) is 15.9. The molecule has 1 heterocycles. The quantitative estimate of drug-likeness (QED) is 0.465. The number of furan rings is 1. The van der Waals surface area contributed by atoms with Gasteiger partial charge in [-0.1, -0.05) is 55.8 Å².